The number of rotatable bonds is 6. The fourth-order valence-electron chi connectivity index (χ4n) is 2.01. The van der Waals surface area contributed by atoms with E-state index in [0.717, 1.165) is 0 Å². The van der Waals surface area contributed by atoms with E-state index in [1.807, 2.05) is 0 Å². The summed E-state index contributed by atoms with van der Waals surface area (Å²) in [5, 5.41) is 8.81. The van der Waals surface area contributed by atoms with Gasteiger partial charge in [0.1, 0.15) is 17.3 Å². The highest BCUT2D eigenvalue weighted by Gasteiger charge is 2.21. The minimum absolute atomic E-state index is 0.103. The van der Waals surface area contributed by atoms with E-state index in [2.05, 4.69) is 11.8 Å². The molecule has 0 saturated heterocycles. The first-order valence-electron chi connectivity index (χ1n) is 7.49. The Morgan fingerprint density at radius 3 is 2.50 bits per heavy atom. The SMILES string of the molecule is CC#CCOc1ccc(S(=O)(=O)Oc2ccc(C)cc2C(=O)NO)cc1. The number of ether oxygens (including phenoxy) is 1. The van der Waals surface area contributed by atoms with Crippen molar-refractivity contribution in [1.29, 1.82) is 0 Å². The van der Waals surface area contributed by atoms with Crippen LogP contribution in [0.15, 0.2) is 47.4 Å². The van der Waals surface area contributed by atoms with Crippen molar-refractivity contribution in [1.82, 2.24) is 5.48 Å². The van der Waals surface area contributed by atoms with Gasteiger partial charge in [-0.25, -0.2) is 5.48 Å². The van der Waals surface area contributed by atoms with E-state index < -0.39 is 16.0 Å². The van der Waals surface area contributed by atoms with Crippen molar-refractivity contribution in [2.45, 2.75) is 18.7 Å². The molecule has 0 fully saturated rings. The maximum atomic E-state index is 12.4. The molecule has 0 bridgehead atoms. The largest absolute Gasteiger partial charge is 0.481 e. The molecule has 2 N–H and O–H groups in total. The first-order valence-corrected chi connectivity index (χ1v) is 8.90. The van der Waals surface area contributed by atoms with Crippen molar-refractivity contribution in [3.8, 4) is 23.3 Å². The Balaban J connectivity index is 2.26. The first-order chi connectivity index (χ1) is 12.4. The minimum atomic E-state index is -4.18. The average molecular weight is 375 g/mol. The summed E-state index contributed by atoms with van der Waals surface area (Å²) in [4.78, 5) is 11.6. The van der Waals surface area contributed by atoms with Crippen LogP contribution in [0.5, 0.6) is 11.5 Å². The third-order valence-electron chi connectivity index (χ3n) is 3.28. The zero-order valence-corrected chi connectivity index (χ0v) is 15.0. The molecule has 2 aromatic carbocycles. The van der Waals surface area contributed by atoms with E-state index in [0.29, 0.717) is 11.3 Å². The van der Waals surface area contributed by atoms with Gasteiger partial charge in [0.2, 0.25) is 0 Å². The number of hydrogen-bond acceptors (Lipinski definition) is 6. The van der Waals surface area contributed by atoms with E-state index in [1.54, 1.807) is 19.9 Å². The van der Waals surface area contributed by atoms with Crippen LogP contribution >= 0.6 is 0 Å². The average Bonchev–Trinajstić information content (AvgIpc) is 2.63. The van der Waals surface area contributed by atoms with Crippen molar-refractivity contribution in [2.24, 2.45) is 0 Å². The van der Waals surface area contributed by atoms with Gasteiger partial charge in [-0.2, -0.15) is 8.42 Å². The normalized spacial score (nSPS) is 10.4. The predicted molar refractivity (Wildman–Crippen MR) is 93.6 cm³/mol. The van der Waals surface area contributed by atoms with Gasteiger partial charge in [0, 0.05) is 0 Å². The lowest BCUT2D eigenvalue weighted by Crippen LogP contribution is -2.21. The number of carbonyl (C=O) groups is 1. The molecule has 0 atom stereocenters. The molecule has 0 aliphatic rings. The molecular weight excluding hydrogens is 358 g/mol. The van der Waals surface area contributed by atoms with Crippen molar-refractivity contribution < 1.29 is 27.3 Å². The molecule has 2 aromatic rings. The van der Waals surface area contributed by atoms with Crippen molar-refractivity contribution in [2.75, 3.05) is 6.61 Å². The van der Waals surface area contributed by atoms with E-state index in [1.165, 1.54) is 41.9 Å². The summed E-state index contributed by atoms with van der Waals surface area (Å²) >= 11 is 0. The summed E-state index contributed by atoms with van der Waals surface area (Å²) in [6.07, 6.45) is 0. The third kappa shape index (κ3) is 4.75. The Morgan fingerprint density at radius 1 is 1.19 bits per heavy atom. The summed E-state index contributed by atoms with van der Waals surface area (Å²) in [7, 11) is -4.18. The van der Waals surface area contributed by atoms with Gasteiger partial charge in [0.25, 0.3) is 5.91 Å². The Bertz CT molecular complexity index is 955. The Hall–Kier alpha value is -3.02. The lowest BCUT2D eigenvalue weighted by atomic mass is 10.1. The Morgan fingerprint density at radius 2 is 1.88 bits per heavy atom. The third-order valence-corrected chi connectivity index (χ3v) is 4.53. The van der Waals surface area contributed by atoms with Crippen LogP contribution in [0.3, 0.4) is 0 Å². The second-order valence-electron chi connectivity index (χ2n) is 5.16. The molecule has 26 heavy (non-hydrogen) atoms. The van der Waals surface area contributed by atoms with Crippen LogP contribution in [0.25, 0.3) is 0 Å². The molecule has 1 amide bonds. The van der Waals surface area contributed by atoms with Crippen LogP contribution in [0.1, 0.15) is 22.8 Å². The number of hydroxylamine groups is 1. The molecule has 0 unspecified atom stereocenters. The van der Waals surface area contributed by atoms with E-state index in [9.17, 15) is 13.2 Å². The van der Waals surface area contributed by atoms with Gasteiger partial charge in [0.15, 0.2) is 5.75 Å². The summed E-state index contributed by atoms with van der Waals surface area (Å²) < 4.78 is 35.3. The lowest BCUT2D eigenvalue weighted by molar-refractivity contribution is 0.0704. The number of aryl methyl sites for hydroxylation is 1. The van der Waals surface area contributed by atoms with Gasteiger partial charge < -0.3 is 8.92 Å². The summed E-state index contributed by atoms with van der Waals surface area (Å²) in [5.74, 6) is 4.80. The molecule has 0 aliphatic heterocycles. The lowest BCUT2D eigenvalue weighted by Gasteiger charge is -2.11. The molecule has 7 nitrogen and oxygen atoms in total. The Kier molecular flexibility index (Phi) is 6.22. The van der Waals surface area contributed by atoms with Crippen LogP contribution in [-0.4, -0.2) is 26.1 Å². The van der Waals surface area contributed by atoms with Crippen LogP contribution in [0.2, 0.25) is 0 Å². The summed E-state index contributed by atoms with van der Waals surface area (Å²) in [5.41, 5.74) is 2.06. The van der Waals surface area contributed by atoms with E-state index >= 15 is 0 Å². The molecule has 0 saturated carbocycles. The Labute approximate surface area is 151 Å². The molecule has 0 aliphatic carbocycles. The number of amides is 1. The molecule has 0 radical (unpaired) electrons. The molecule has 136 valence electrons. The van der Waals surface area contributed by atoms with Gasteiger partial charge in [-0.05, 0) is 50.2 Å². The van der Waals surface area contributed by atoms with Crippen LogP contribution in [-0.2, 0) is 10.1 Å². The number of benzene rings is 2. The minimum Gasteiger partial charge on any atom is -0.481 e. The van der Waals surface area contributed by atoms with Gasteiger partial charge in [-0.3, -0.25) is 10.0 Å². The smallest absolute Gasteiger partial charge is 0.339 e. The van der Waals surface area contributed by atoms with Gasteiger partial charge in [-0.15, -0.1) is 5.92 Å². The van der Waals surface area contributed by atoms with Crippen molar-refractivity contribution in [3.05, 3.63) is 53.6 Å². The van der Waals surface area contributed by atoms with Gasteiger partial charge >= 0.3 is 10.1 Å². The highest BCUT2D eigenvalue weighted by atomic mass is 32.2. The summed E-state index contributed by atoms with van der Waals surface area (Å²) in [6.45, 7) is 3.60. The molecule has 0 aromatic heterocycles. The van der Waals surface area contributed by atoms with Crippen molar-refractivity contribution in [3.63, 3.8) is 0 Å². The van der Waals surface area contributed by atoms with Gasteiger partial charge in [0.05, 0.1) is 5.56 Å². The first kappa shape index (κ1) is 19.3. The van der Waals surface area contributed by atoms with Crippen LogP contribution < -0.4 is 14.4 Å². The number of hydrogen-bond donors (Lipinski definition) is 2. The molecule has 8 heteroatoms. The maximum Gasteiger partial charge on any atom is 0.339 e. The fourth-order valence-corrected chi connectivity index (χ4v) is 2.96. The number of carbonyl (C=O) groups excluding carboxylic acids is 1. The van der Waals surface area contributed by atoms with E-state index in [-0.39, 0.29) is 22.8 Å². The van der Waals surface area contributed by atoms with Gasteiger partial charge in [-0.1, -0.05) is 17.6 Å². The predicted octanol–water partition coefficient (Wildman–Crippen LogP) is 2.28. The number of nitrogens with one attached hydrogen (secondary N) is 1. The zero-order valence-electron chi connectivity index (χ0n) is 14.1. The highest BCUT2D eigenvalue weighted by Crippen LogP contribution is 2.25. The maximum absolute atomic E-state index is 12.4. The monoisotopic (exact) mass is 375 g/mol. The standard InChI is InChI=1S/C18H17NO6S/c1-3-4-11-24-14-6-8-15(9-7-14)26(22,23)25-17-10-5-13(2)12-16(17)18(20)19-21/h5-10,12,21H,11H2,1-2H3,(H,19,20). The highest BCUT2D eigenvalue weighted by molar-refractivity contribution is 7.87. The van der Waals surface area contributed by atoms with E-state index in [4.69, 9.17) is 14.1 Å². The molecule has 2 rings (SSSR count). The van der Waals surface area contributed by atoms with Crippen LogP contribution in [0.4, 0.5) is 0 Å². The van der Waals surface area contributed by atoms with Crippen molar-refractivity contribution >= 4 is 16.0 Å². The topological polar surface area (TPSA) is 102 Å². The van der Waals surface area contributed by atoms with Crippen LogP contribution in [0, 0.1) is 18.8 Å². The quantitative estimate of drug-likeness (QED) is 0.348. The fraction of sp³-hybridized carbons (Fsp3) is 0.167. The summed E-state index contributed by atoms with van der Waals surface area (Å²) in [6, 6.07) is 9.94. The molecule has 0 heterocycles. The second-order valence-corrected chi connectivity index (χ2v) is 6.71. The molecular formula is C18H17NO6S. The molecule has 0 spiro atoms. The second kappa shape index (κ2) is 8.38. The zero-order chi connectivity index (χ0) is 19.2.